The van der Waals surface area contributed by atoms with Gasteiger partial charge in [0.1, 0.15) is 11.2 Å². The van der Waals surface area contributed by atoms with Gasteiger partial charge < -0.3 is 0 Å². The third-order valence-corrected chi connectivity index (χ3v) is 6.21. The van der Waals surface area contributed by atoms with Crippen LogP contribution in [-0.4, -0.2) is 21.4 Å². The molecule has 2 atom stereocenters. The van der Waals surface area contributed by atoms with E-state index in [1.54, 1.807) is 0 Å². The fraction of sp³-hybridized carbons (Fsp3) is 0.538. The van der Waals surface area contributed by atoms with Crippen molar-refractivity contribution in [1.29, 1.82) is 0 Å². The Balaban J connectivity index is 1.81. The van der Waals surface area contributed by atoms with Crippen LogP contribution < -0.4 is 15.8 Å². The van der Waals surface area contributed by atoms with Gasteiger partial charge in [-0.2, -0.15) is 0 Å². The van der Waals surface area contributed by atoms with E-state index in [4.69, 9.17) is 12.2 Å². The Morgan fingerprint density at radius 2 is 2.33 bits per heavy atom. The van der Waals surface area contributed by atoms with Gasteiger partial charge in [-0.15, -0.1) is 16.4 Å². The lowest BCUT2D eigenvalue weighted by Crippen LogP contribution is -2.39. The number of H-pyrrole nitrogens is 1. The lowest BCUT2D eigenvalue weighted by Gasteiger charge is -2.30. The standard InChI is InChI=1S/C13H16N6S2/c1-6-2-3-7-8(4-6)21-11-9(7)10-14-5-15-19(10)12-16-17-13(20)18(11)12/h6,10,14-15H,2-5H2,1H3,(H,17,20). The summed E-state index contributed by atoms with van der Waals surface area (Å²) in [6, 6.07) is 0. The van der Waals surface area contributed by atoms with E-state index >= 15 is 0 Å². The quantitative estimate of drug-likeness (QED) is 0.648. The maximum atomic E-state index is 5.45. The third-order valence-electron chi connectivity index (χ3n) is 4.68. The minimum Gasteiger partial charge on any atom is -0.278 e. The zero-order valence-electron chi connectivity index (χ0n) is 11.6. The van der Waals surface area contributed by atoms with Crippen molar-refractivity contribution in [1.82, 2.24) is 25.5 Å². The molecule has 1 aliphatic carbocycles. The van der Waals surface area contributed by atoms with Crippen LogP contribution in [0.2, 0.25) is 0 Å². The number of thiophene rings is 1. The molecule has 3 aliphatic rings. The summed E-state index contributed by atoms with van der Waals surface area (Å²) in [5.74, 6) is 1.63. The van der Waals surface area contributed by atoms with Crippen molar-refractivity contribution < 1.29 is 0 Å². The smallest absolute Gasteiger partial charge is 0.247 e. The molecule has 5 rings (SSSR count). The number of hydrazine groups is 1. The van der Waals surface area contributed by atoms with Crippen molar-refractivity contribution in [3.05, 3.63) is 20.8 Å². The molecule has 1 saturated heterocycles. The molecule has 0 radical (unpaired) electrons. The maximum Gasteiger partial charge on any atom is 0.247 e. The van der Waals surface area contributed by atoms with Crippen molar-refractivity contribution in [3.63, 3.8) is 0 Å². The average molecular weight is 320 g/mol. The molecule has 6 nitrogen and oxygen atoms in total. The van der Waals surface area contributed by atoms with Crippen molar-refractivity contribution in [2.24, 2.45) is 5.92 Å². The van der Waals surface area contributed by atoms with E-state index in [-0.39, 0.29) is 6.17 Å². The number of hydrogen-bond donors (Lipinski definition) is 3. The monoisotopic (exact) mass is 320 g/mol. The van der Waals surface area contributed by atoms with Crippen molar-refractivity contribution in [2.75, 3.05) is 11.7 Å². The first kappa shape index (κ1) is 12.3. The van der Waals surface area contributed by atoms with E-state index < -0.39 is 0 Å². The summed E-state index contributed by atoms with van der Waals surface area (Å²) in [5.41, 5.74) is 6.29. The van der Waals surface area contributed by atoms with Crippen LogP contribution in [-0.2, 0) is 12.8 Å². The molecule has 2 aromatic rings. The Kier molecular flexibility index (Phi) is 2.44. The van der Waals surface area contributed by atoms with Crippen molar-refractivity contribution >= 4 is 29.5 Å². The number of rotatable bonds is 0. The van der Waals surface area contributed by atoms with Crippen LogP contribution in [0.5, 0.6) is 0 Å². The van der Waals surface area contributed by atoms with E-state index in [2.05, 4.69) is 37.4 Å². The molecule has 0 saturated carbocycles. The number of aromatic amines is 1. The van der Waals surface area contributed by atoms with Crippen LogP contribution in [0.1, 0.15) is 35.5 Å². The molecule has 110 valence electrons. The third kappa shape index (κ3) is 1.53. The molecule has 2 aromatic heterocycles. The molecule has 0 bridgehead atoms. The van der Waals surface area contributed by atoms with Gasteiger partial charge in [0.15, 0.2) is 0 Å². The minimum absolute atomic E-state index is 0.172. The second kappa shape index (κ2) is 4.16. The van der Waals surface area contributed by atoms with Crippen LogP contribution in [0.25, 0.3) is 5.00 Å². The molecular weight excluding hydrogens is 304 g/mol. The highest BCUT2D eigenvalue weighted by molar-refractivity contribution is 7.71. The maximum absolute atomic E-state index is 5.45. The first-order valence-corrected chi connectivity index (χ1v) is 8.55. The number of fused-ring (bicyclic) bond motifs is 8. The Labute approximate surface area is 131 Å². The van der Waals surface area contributed by atoms with Gasteiger partial charge >= 0.3 is 0 Å². The normalized spacial score (nSPS) is 26.2. The van der Waals surface area contributed by atoms with Crippen molar-refractivity contribution in [2.45, 2.75) is 32.4 Å². The highest BCUT2D eigenvalue weighted by atomic mass is 32.1. The SMILES string of the molecule is CC1CCc2c(sc3c2C2NCNN2c2n[nH]c(=S)n2-3)C1. The molecule has 1 fully saturated rings. The Bertz CT molecular complexity index is 787. The summed E-state index contributed by atoms with van der Waals surface area (Å²) >= 11 is 7.34. The molecule has 21 heavy (non-hydrogen) atoms. The van der Waals surface area contributed by atoms with Gasteiger partial charge in [0.25, 0.3) is 0 Å². The van der Waals surface area contributed by atoms with Crippen LogP contribution >= 0.6 is 23.6 Å². The second-order valence-electron chi connectivity index (χ2n) is 6.05. The van der Waals surface area contributed by atoms with E-state index in [9.17, 15) is 0 Å². The summed E-state index contributed by atoms with van der Waals surface area (Å²) in [4.78, 5) is 1.53. The predicted octanol–water partition coefficient (Wildman–Crippen LogP) is 2.00. The number of hydrogen-bond acceptors (Lipinski definition) is 6. The Hall–Kier alpha value is -1.22. The zero-order chi connectivity index (χ0) is 14.1. The lowest BCUT2D eigenvalue weighted by atomic mass is 9.87. The molecule has 0 amide bonds. The Morgan fingerprint density at radius 1 is 1.43 bits per heavy atom. The lowest BCUT2D eigenvalue weighted by molar-refractivity contribution is 0.499. The van der Waals surface area contributed by atoms with Gasteiger partial charge in [-0.1, -0.05) is 6.92 Å². The van der Waals surface area contributed by atoms with E-state index in [1.807, 2.05) is 11.3 Å². The van der Waals surface area contributed by atoms with Crippen LogP contribution in [0.15, 0.2) is 0 Å². The Morgan fingerprint density at radius 3 is 3.24 bits per heavy atom. The van der Waals surface area contributed by atoms with E-state index in [0.717, 1.165) is 18.5 Å². The zero-order valence-corrected chi connectivity index (χ0v) is 13.3. The van der Waals surface area contributed by atoms with Gasteiger partial charge in [0, 0.05) is 10.4 Å². The number of nitrogens with one attached hydrogen (secondary N) is 3. The number of nitrogens with zero attached hydrogens (tertiary/aromatic N) is 3. The number of aromatic nitrogens is 3. The first-order valence-electron chi connectivity index (χ1n) is 7.32. The molecule has 2 unspecified atom stereocenters. The fourth-order valence-electron chi connectivity index (χ4n) is 3.67. The van der Waals surface area contributed by atoms with Gasteiger partial charge in [-0.05, 0) is 43.0 Å². The highest BCUT2D eigenvalue weighted by Crippen LogP contribution is 2.46. The van der Waals surface area contributed by atoms with Gasteiger partial charge in [0.05, 0.1) is 6.67 Å². The van der Waals surface area contributed by atoms with E-state index in [1.165, 1.54) is 40.3 Å². The van der Waals surface area contributed by atoms with Crippen LogP contribution in [0, 0.1) is 10.7 Å². The molecule has 3 N–H and O–H groups in total. The minimum atomic E-state index is 0.172. The summed E-state index contributed by atoms with van der Waals surface area (Å²) in [6.07, 6.45) is 3.81. The molecule has 0 aromatic carbocycles. The van der Waals surface area contributed by atoms with Crippen LogP contribution in [0.3, 0.4) is 0 Å². The summed E-state index contributed by atoms with van der Waals surface area (Å²) < 4.78 is 2.75. The van der Waals surface area contributed by atoms with Gasteiger partial charge in [-0.25, -0.2) is 15.1 Å². The van der Waals surface area contributed by atoms with Gasteiger partial charge in [0.2, 0.25) is 10.7 Å². The van der Waals surface area contributed by atoms with Gasteiger partial charge in [-0.3, -0.25) is 10.3 Å². The molecule has 2 aliphatic heterocycles. The molecular formula is C13H16N6S2. The largest absolute Gasteiger partial charge is 0.278 e. The summed E-state index contributed by atoms with van der Waals surface area (Å²) in [7, 11) is 0. The summed E-state index contributed by atoms with van der Waals surface area (Å²) in [5, 5.41) is 14.2. The fourth-order valence-corrected chi connectivity index (χ4v) is 5.49. The number of anilines is 1. The second-order valence-corrected chi connectivity index (χ2v) is 7.52. The molecule has 4 heterocycles. The van der Waals surface area contributed by atoms with Crippen molar-refractivity contribution in [3.8, 4) is 5.00 Å². The summed E-state index contributed by atoms with van der Waals surface area (Å²) in [6.45, 7) is 3.10. The highest BCUT2D eigenvalue weighted by Gasteiger charge is 2.41. The average Bonchev–Trinajstić information content (AvgIpc) is 3.13. The molecule has 0 spiro atoms. The topological polar surface area (TPSA) is 60.9 Å². The first-order chi connectivity index (χ1) is 10.2. The van der Waals surface area contributed by atoms with E-state index in [0.29, 0.717) is 4.77 Å². The predicted molar refractivity (Wildman–Crippen MR) is 84.2 cm³/mol. The molecule has 8 heteroatoms. The van der Waals surface area contributed by atoms with Crippen LogP contribution in [0.4, 0.5) is 5.95 Å².